The molecule has 3 heterocycles. The largest absolute Gasteiger partial charge is 0.394 e. The van der Waals surface area contributed by atoms with Crippen LogP contribution < -0.4 is 5.32 Å². The molecule has 3 fully saturated rings. The summed E-state index contributed by atoms with van der Waals surface area (Å²) in [5, 5.41) is 119. The van der Waals surface area contributed by atoms with Crippen LogP contribution >= 0.6 is 0 Å². The number of allylic oxidation sites excluding steroid dienone is 9. The average molecular weight is 1000 g/mol. The standard InChI is InChI=1S/C51H87NO18/c1-3-5-7-9-11-13-15-17-19-21-23-25-27-29-39(57)52-34(35(56)28-26-24-22-20-18-16-14-12-10-8-6-4-2)33-65-49-45(63)42(60)47(37(31-54)67-49)70-51-46(64)43(61)48(38(32-55)68-51)69-50-44(62)41(59)40(58)36(30-53)66-50/h5,7,11,13,17,19,23,25-26,28,34-38,40-51,53-56,58-64H,3-4,6,8-10,12,14-16,18,20-22,24,27,29-33H2,1-2H3,(H,52,57)/b7-5-,13-11-,19-17-,25-23-,28-26+. The Kier molecular flexibility index (Phi) is 31.4. The van der Waals surface area contributed by atoms with Gasteiger partial charge in [0, 0.05) is 6.42 Å². The van der Waals surface area contributed by atoms with E-state index in [0.717, 1.165) is 44.9 Å². The first-order chi connectivity index (χ1) is 33.8. The van der Waals surface area contributed by atoms with Gasteiger partial charge in [-0.3, -0.25) is 4.79 Å². The molecule has 0 aromatic heterocycles. The molecule has 0 aromatic rings. The van der Waals surface area contributed by atoms with E-state index in [9.17, 15) is 61.0 Å². The highest BCUT2D eigenvalue weighted by atomic mass is 16.8. The van der Waals surface area contributed by atoms with Gasteiger partial charge >= 0.3 is 0 Å². The molecular formula is C51H87NO18. The first-order valence-corrected chi connectivity index (χ1v) is 25.5. The maximum Gasteiger partial charge on any atom is 0.220 e. The van der Waals surface area contributed by atoms with Crippen LogP contribution in [0.1, 0.15) is 123 Å². The molecular weight excluding hydrogens is 915 g/mol. The Morgan fingerprint density at radius 1 is 0.529 bits per heavy atom. The van der Waals surface area contributed by atoms with Crippen molar-refractivity contribution >= 4 is 5.91 Å². The van der Waals surface area contributed by atoms with Crippen molar-refractivity contribution < 1.29 is 89.4 Å². The molecule has 3 aliphatic rings. The Balaban J connectivity index is 1.59. The summed E-state index contributed by atoms with van der Waals surface area (Å²) in [6.45, 7) is 1.48. The first-order valence-electron chi connectivity index (χ1n) is 25.5. The number of carbonyl (C=O) groups is 1. The topological polar surface area (TPSA) is 307 Å². The zero-order valence-corrected chi connectivity index (χ0v) is 41.2. The van der Waals surface area contributed by atoms with Crippen LogP contribution in [0.3, 0.4) is 0 Å². The molecule has 3 rings (SSSR count). The highest BCUT2D eigenvalue weighted by molar-refractivity contribution is 5.76. The second-order valence-electron chi connectivity index (χ2n) is 18.2. The van der Waals surface area contributed by atoms with Crippen molar-refractivity contribution in [2.75, 3.05) is 26.4 Å². The van der Waals surface area contributed by atoms with Crippen molar-refractivity contribution in [3.05, 3.63) is 60.8 Å². The van der Waals surface area contributed by atoms with Crippen molar-refractivity contribution in [1.29, 1.82) is 0 Å². The molecule has 0 saturated carbocycles. The lowest BCUT2D eigenvalue weighted by Gasteiger charge is -2.48. The highest BCUT2D eigenvalue weighted by Crippen LogP contribution is 2.33. The number of hydrogen-bond donors (Lipinski definition) is 12. The number of rotatable bonds is 34. The number of ether oxygens (including phenoxy) is 6. The van der Waals surface area contributed by atoms with E-state index in [0.29, 0.717) is 12.8 Å². The quantitative estimate of drug-likeness (QED) is 0.0323. The third-order valence-electron chi connectivity index (χ3n) is 12.6. The molecule has 19 heteroatoms. The molecule has 3 aliphatic heterocycles. The summed E-state index contributed by atoms with van der Waals surface area (Å²) in [6.07, 6.45) is 9.62. The van der Waals surface area contributed by atoms with Crippen molar-refractivity contribution in [1.82, 2.24) is 5.32 Å². The van der Waals surface area contributed by atoms with E-state index in [4.69, 9.17) is 28.4 Å². The molecule has 0 radical (unpaired) electrons. The molecule has 17 atom stereocenters. The number of unbranched alkanes of at least 4 members (excludes halogenated alkanes) is 10. The van der Waals surface area contributed by atoms with Crippen molar-refractivity contribution in [2.24, 2.45) is 0 Å². The fraction of sp³-hybridized carbons (Fsp3) is 0.784. The fourth-order valence-electron chi connectivity index (χ4n) is 8.32. The van der Waals surface area contributed by atoms with Gasteiger partial charge in [-0.1, -0.05) is 132 Å². The minimum atomic E-state index is -1.98. The summed E-state index contributed by atoms with van der Waals surface area (Å²) in [6, 6.07) is -1.01. The summed E-state index contributed by atoms with van der Waals surface area (Å²) < 4.78 is 34.0. The summed E-state index contributed by atoms with van der Waals surface area (Å²) in [7, 11) is 0. The van der Waals surface area contributed by atoms with Gasteiger partial charge in [-0.05, 0) is 44.9 Å². The molecule has 0 aromatic carbocycles. The molecule has 70 heavy (non-hydrogen) atoms. The van der Waals surface area contributed by atoms with Crippen LogP contribution in [0.25, 0.3) is 0 Å². The van der Waals surface area contributed by atoms with Crippen LogP contribution in [0.2, 0.25) is 0 Å². The number of nitrogens with one attached hydrogen (secondary N) is 1. The van der Waals surface area contributed by atoms with E-state index < -0.39 is 124 Å². The van der Waals surface area contributed by atoms with Gasteiger partial charge in [-0.25, -0.2) is 0 Å². The molecule has 17 unspecified atom stereocenters. The van der Waals surface area contributed by atoms with E-state index in [1.54, 1.807) is 6.08 Å². The molecule has 0 aliphatic carbocycles. The van der Waals surface area contributed by atoms with Crippen molar-refractivity contribution in [2.45, 2.75) is 227 Å². The first kappa shape index (κ1) is 61.8. The van der Waals surface area contributed by atoms with Gasteiger partial charge in [0.25, 0.3) is 0 Å². The molecule has 3 saturated heterocycles. The summed E-state index contributed by atoms with van der Waals surface area (Å²) >= 11 is 0. The minimum absolute atomic E-state index is 0.119. The van der Waals surface area contributed by atoms with Gasteiger partial charge < -0.3 is 89.9 Å². The lowest BCUT2D eigenvalue weighted by molar-refractivity contribution is -0.379. The summed E-state index contributed by atoms with van der Waals surface area (Å²) in [4.78, 5) is 13.2. The predicted molar refractivity (Wildman–Crippen MR) is 258 cm³/mol. The molecule has 0 bridgehead atoms. The van der Waals surface area contributed by atoms with E-state index in [1.165, 1.54) is 44.9 Å². The SMILES string of the molecule is CC/C=C\C/C=C\C/C=C\C/C=C\CCC(=O)NC(COC1OC(CO)C(OC2OC(CO)C(OC3OC(CO)C(O)C(O)C3O)C(O)C2O)C(O)C1O)C(O)/C=C/CCCCCCCCCCCC. The summed E-state index contributed by atoms with van der Waals surface area (Å²) in [5.41, 5.74) is 0. The lowest BCUT2D eigenvalue weighted by Crippen LogP contribution is -2.66. The van der Waals surface area contributed by atoms with Gasteiger partial charge in [0.1, 0.15) is 73.2 Å². The Bertz CT molecular complexity index is 1530. The van der Waals surface area contributed by atoms with E-state index in [-0.39, 0.29) is 18.9 Å². The molecule has 0 spiro atoms. The van der Waals surface area contributed by atoms with E-state index >= 15 is 0 Å². The van der Waals surface area contributed by atoms with Crippen LogP contribution in [0.4, 0.5) is 0 Å². The number of aliphatic hydroxyl groups is 11. The van der Waals surface area contributed by atoms with Gasteiger partial charge in [0.2, 0.25) is 5.91 Å². The summed E-state index contributed by atoms with van der Waals surface area (Å²) in [5.74, 6) is -0.361. The van der Waals surface area contributed by atoms with Gasteiger partial charge in [-0.2, -0.15) is 0 Å². The Labute approximate surface area is 414 Å². The van der Waals surface area contributed by atoms with Crippen LogP contribution in [0.15, 0.2) is 60.8 Å². The second-order valence-corrected chi connectivity index (χ2v) is 18.2. The third kappa shape index (κ3) is 21.1. The smallest absolute Gasteiger partial charge is 0.220 e. The average Bonchev–Trinajstić information content (AvgIpc) is 3.35. The number of amides is 1. The van der Waals surface area contributed by atoms with Gasteiger partial charge in [0.15, 0.2) is 18.9 Å². The van der Waals surface area contributed by atoms with Crippen LogP contribution in [-0.2, 0) is 33.2 Å². The zero-order chi connectivity index (χ0) is 51.3. The Morgan fingerprint density at radius 2 is 0.986 bits per heavy atom. The highest BCUT2D eigenvalue weighted by Gasteiger charge is 2.53. The second kappa shape index (κ2) is 35.6. The Hall–Kier alpha value is -2.51. The molecule has 19 nitrogen and oxygen atoms in total. The molecule has 12 N–H and O–H groups in total. The minimum Gasteiger partial charge on any atom is -0.394 e. The van der Waals surface area contributed by atoms with Crippen molar-refractivity contribution in [3.8, 4) is 0 Å². The maximum atomic E-state index is 13.2. The van der Waals surface area contributed by atoms with E-state index in [1.807, 2.05) is 18.2 Å². The number of hydrogen-bond acceptors (Lipinski definition) is 18. The maximum absolute atomic E-state index is 13.2. The van der Waals surface area contributed by atoms with E-state index in [2.05, 4.69) is 55.6 Å². The number of aliphatic hydroxyl groups excluding tert-OH is 11. The van der Waals surface area contributed by atoms with Crippen LogP contribution in [0, 0.1) is 0 Å². The Morgan fingerprint density at radius 3 is 1.51 bits per heavy atom. The zero-order valence-electron chi connectivity index (χ0n) is 41.2. The van der Waals surface area contributed by atoms with Gasteiger partial charge in [0.05, 0.1) is 38.6 Å². The monoisotopic (exact) mass is 1000 g/mol. The third-order valence-corrected chi connectivity index (χ3v) is 12.6. The normalized spacial score (nSPS) is 33.1. The fourth-order valence-corrected chi connectivity index (χ4v) is 8.32. The molecule has 1 amide bonds. The van der Waals surface area contributed by atoms with Gasteiger partial charge in [-0.15, -0.1) is 0 Å². The molecule has 404 valence electrons. The van der Waals surface area contributed by atoms with Crippen LogP contribution in [-0.4, -0.2) is 193 Å². The van der Waals surface area contributed by atoms with Crippen LogP contribution in [0.5, 0.6) is 0 Å². The van der Waals surface area contributed by atoms with Crippen molar-refractivity contribution in [3.63, 3.8) is 0 Å². The lowest BCUT2D eigenvalue weighted by atomic mass is 9.96. The number of carbonyl (C=O) groups excluding carboxylic acids is 1. The predicted octanol–water partition coefficient (Wildman–Crippen LogP) is 1.75.